The number of hydrogen-bond donors (Lipinski definition) is 0. The van der Waals surface area contributed by atoms with Crippen molar-refractivity contribution in [3.63, 3.8) is 0 Å². The molecule has 0 spiro atoms. The predicted molar refractivity (Wildman–Crippen MR) is 64.9 cm³/mol. The molecule has 0 radical (unpaired) electrons. The van der Waals surface area contributed by atoms with Crippen molar-refractivity contribution in [1.29, 1.82) is 0 Å². The van der Waals surface area contributed by atoms with Crippen LogP contribution >= 0.6 is 0 Å². The molecule has 1 unspecified atom stereocenters. The number of likely N-dealkylation sites (tertiary alicyclic amines) is 2. The van der Waals surface area contributed by atoms with Gasteiger partial charge < -0.3 is 0 Å². The molecule has 0 saturated carbocycles. The smallest absolute Gasteiger partial charge is 0.0622 e. The van der Waals surface area contributed by atoms with Crippen LogP contribution in [0, 0.1) is 0 Å². The van der Waals surface area contributed by atoms with Crippen molar-refractivity contribution in [1.82, 2.24) is 9.80 Å². The maximum absolute atomic E-state index is 2.75. The Morgan fingerprint density at radius 3 is 1.73 bits per heavy atom. The standard InChI is InChI=1S/C13H26N2/c1-2-8-13(15-11-6-7-12-15)14-9-4-3-5-10-14/h13H,2-12H2,1H3. The normalized spacial score (nSPS) is 27.0. The minimum Gasteiger partial charge on any atom is -0.288 e. The van der Waals surface area contributed by atoms with Gasteiger partial charge in [0, 0.05) is 0 Å². The third-order valence-electron chi connectivity index (χ3n) is 3.92. The van der Waals surface area contributed by atoms with E-state index >= 15 is 0 Å². The Morgan fingerprint density at radius 2 is 1.27 bits per heavy atom. The summed E-state index contributed by atoms with van der Waals surface area (Å²) in [5.41, 5.74) is 0. The topological polar surface area (TPSA) is 6.48 Å². The van der Waals surface area contributed by atoms with E-state index in [1.54, 1.807) is 0 Å². The van der Waals surface area contributed by atoms with E-state index in [0.717, 1.165) is 6.17 Å². The van der Waals surface area contributed by atoms with Crippen LogP contribution in [0.5, 0.6) is 0 Å². The van der Waals surface area contributed by atoms with Crippen LogP contribution in [0.2, 0.25) is 0 Å². The summed E-state index contributed by atoms with van der Waals surface area (Å²) in [6.45, 7) is 7.72. The Hall–Kier alpha value is -0.0800. The van der Waals surface area contributed by atoms with Crippen LogP contribution in [0.3, 0.4) is 0 Å². The number of nitrogens with zero attached hydrogens (tertiary/aromatic N) is 2. The minimum absolute atomic E-state index is 0.776. The minimum atomic E-state index is 0.776. The molecule has 0 bridgehead atoms. The first-order chi connectivity index (χ1) is 7.42. The second kappa shape index (κ2) is 5.86. The number of rotatable bonds is 4. The first-order valence-electron chi connectivity index (χ1n) is 6.90. The fourth-order valence-electron chi connectivity index (χ4n) is 3.11. The van der Waals surface area contributed by atoms with E-state index in [9.17, 15) is 0 Å². The summed E-state index contributed by atoms with van der Waals surface area (Å²) in [5.74, 6) is 0. The zero-order chi connectivity index (χ0) is 10.5. The maximum atomic E-state index is 2.75. The highest BCUT2D eigenvalue weighted by Crippen LogP contribution is 2.22. The Labute approximate surface area is 94.6 Å². The van der Waals surface area contributed by atoms with Gasteiger partial charge in [-0.05, 0) is 58.3 Å². The van der Waals surface area contributed by atoms with Gasteiger partial charge in [0.15, 0.2) is 0 Å². The van der Waals surface area contributed by atoms with Gasteiger partial charge in [-0.1, -0.05) is 19.8 Å². The van der Waals surface area contributed by atoms with E-state index in [4.69, 9.17) is 0 Å². The van der Waals surface area contributed by atoms with Crippen LogP contribution in [-0.4, -0.2) is 42.1 Å². The van der Waals surface area contributed by atoms with Crippen LogP contribution in [0.1, 0.15) is 51.9 Å². The molecule has 2 fully saturated rings. The summed E-state index contributed by atoms with van der Waals surface area (Å²) in [5, 5.41) is 0. The molecule has 0 amide bonds. The van der Waals surface area contributed by atoms with E-state index in [2.05, 4.69) is 16.7 Å². The molecule has 88 valence electrons. The first-order valence-corrected chi connectivity index (χ1v) is 6.90. The Morgan fingerprint density at radius 1 is 0.800 bits per heavy atom. The largest absolute Gasteiger partial charge is 0.288 e. The predicted octanol–water partition coefficient (Wildman–Crippen LogP) is 2.69. The highest BCUT2D eigenvalue weighted by molar-refractivity contribution is 4.79. The highest BCUT2D eigenvalue weighted by atomic mass is 15.4. The molecule has 0 aromatic rings. The summed E-state index contributed by atoms with van der Waals surface area (Å²) < 4.78 is 0. The average Bonchev–Trinajstić information content (AvgIpc) is 2.80. The highest BCUT2D eigenvalue weighted by Gasteiger charge is 2.27. The van der Waals surface area contributed by atoms with Crippen molar-refractivity contribution in [2.45, 2.75) is 58.0 Å². The van der Waals surface area contributed by atoms with Gasteiger partial charge in [-0.3, -0.25) is 9.80 Å². The van der Waals surface area contributed by atoms with Crippen molar-refractivity contribution in [2.24, 2.45) is 0 Å². The monoisotopic (exact) mass is 210 g/mol. The molecule has 2 heterocycles. The molecule has 2 rings (SSSR count). The van der Waals surface area contributed by atoms with E-state index in [-0.39, 0.29) is 0 Å². The number of piperidine rings is 1. The van der Waals surface area contributed by atoms with E-state index in [1.807, 2.05) is 0 Å². The van der Waals surface area contributed by atoms with Gasteiger partial charge in [-0.2, -0.15) is 0 Å². The van der Waals surface area contributed by atoms with Gasteiger partial charge in [0.25, 0.3) is 0 Å². The van der Waals surface area contributed by atoms with E-state index < -0.39 is 0 Å². The van der Waals surface area contributed by atoms with Crippen molar-refractivity contribution in [2.75, 3.05) is 26.2 Å². The third-order valence-corrected chi connectivity index (χ3v) is 3.92. The fourth-order valence-corrected chi connectivity index (χ4v) is 3.11. The SMILES string of the molecule is CCCC(N1CCCCC1)N1CCCC1. The maximum Gasteiger partial charge on any atom is 0.0622 e. The fraction of sp³-hybridized carbons (Fsp3) is 1.00. The molecule has 2 nitrogen and oxygen atoms in total. The molecular weight excluding hydrogens is 184 g/mol. The average molecular weight is 210 g/mol. The second-order valence-electron chi connectivity index (χ2n) is 5.11. The lowest BCUT2D eigenvalue weighted by Crippen LogP contribution is -2.49. The van der Waals surface area contributed by atoms with Crippen molar-refractivity contribution in [3.05, 3.63) is 0 Å². The van der Waals surface area contributed by atoms with Crippen molar-refractivity contribution >= 4 is 0 Å². The lowest BCUT2D eigenvalue weighted by atomic mass is 10.1. The molecular formula is C13H26N2. The van der Waals surface area contributed by atoms with Gasteiger partial charge in [-0.25, -0.2) is 0 Å². The molecule has 0 aromatic carbocycles. The molecule has 1 atom stereocenters. The molecule has 0 aliphatic carbocycles. The van der Waals surface area contributed by atoms with Crippen LogP contribution in [0.25, 0.3) is 0 Å². The van der Waals surface area contributed by atoms with Crippen LogP contribution < -0.4 is 0 Å². The molecule has 0 aromatic heterocycles. The van der Waals surface area contributed by atoms with Crippen LogP contribution in [-0.2, 0) is 0 Å². The molecule has 2 heteroatoms. The Bertz CT molecular complexity index is 169. The molecule has 2 aliphatic rings. The zero-order valence-corrected chi connectivity index (χ0v) is 10.2. The lowest BCUT2D eigenvalue weighted by Gasteiger charge is -2.39. The molecule has 15 heavy (non-hydrogen) atoms. The van der Waals surface area contributed by atoms with Crippen LogP contribution in [0.4, 0.5) is 0 Å². The van der Waals surface area contributed by atoms with Gasteiger partial charge in [0.05, 0.1) is 6.17 Å². The Kier molecular flexibility index (Phi) is 4.45. The summed E-state index contributed by atoms with van der Waals surface area (Å²) >= 11 is 0. The molecule has 0 N–H and O–H groups in total. The van der Waals surface area contributed by atoms with Crippen molar-refractivity contribution in [3.8, 4) is 0 Å². The summed E-state index contributed by atoms with van der Waals surface area (Å²) in [6.07, 6.45) is 10.6. The summed E-state index contributed by atoms with van der Waals surface area (Å²) in [4.78, 5) is 5.48. The first kappa shape index (κ1) is 11.4. The third kappa shape index (κ3) is 2.94. The van der Waals surface area contributed by atoms with Gasteiger partial charge in [0.2, 0.25) is 0 Å². The van der Waals surface area contributed by atoms with Crippen molar-refractivity contribution < 1.29 is 0 Å². The summed E-state index contributed by atoms with van der Waals surface area (Å²) in [6, 6.07) is 0. The summed E-state index contributed by atoms with van der Waals surface area (Å²) in [7, 11) is 0. The zero-order valence-electron chi connectivity index (χ0n) is 10.2. The Balaban J connectivity index is 1.90. The van der Waals surface area contributed by atoms with Gasteiger partial charge in [0.1, 0.15) is 0 Å². The number of hydrogen-bond acceptors (Lipinski definition) is 2. The molecule has 2 aliphatic heterocycles. The van der Waals surface area contributed by atoms with Gasteiger partial charge >= 0.3 is 0 Å². The second-order valence-corrected chi connectivity index (χ2v) is 5.11. The van der Waals surface area contributed by atoms with Crippen LogP contribution in [0.15, 0.2) is 0 Å². The van der Waals surface area contributed by atoms with E-state index in [1.165, 1.54) is 71.1 Å². The lowest BCUT2D eigenvalue weighted by molar-refractivity contribution is 0.0377. The molecule has 2 saturated heterocycles. The quantitative estimate of drug-likeness (QED) is 0.704. The van der Waals surface area contributed by atoms with E-state index in [0.29, 0.717) is 0 Å². The van der Waals surface area contributed by atoms with Gasteiger partial charge in [-0.15, -0.1) is 0 Å².